The Bertz CT molecular complexity index is 117. The van der Waals surface area contributed by atoms with E-state index in [1.807, 2.05) is 13.8 Å². The van der Waals surface area contributed by atoms with E-state index in [0.29, 0.717) is 18.0 Å². The third-order valence-corrected chi connectivity index (χ3v) is 1.43. The molecule has 0 saturated carbocycles. The van der Waals surface area contributed by atoms with E-state index in [1.54, 1.807) is 0 Å². The highest BCUT2D eigenvalue weighted by Gasteiger charge is 2.09. The lowest BCUT2D eigenvalue weighted by Crippen LogP contribution is -2.22. The Morgan fingerprint density at radius 3 is 2.45 bits per heavy atom. The van der Waals surface area contributed by atoms with Gasteiger partial charge in [-0.15, -0.1) is 0 Å². The lowest BCUT2D eigenvalue weighted by Gasteiger charge is -2.09. The Kier molecular flexibility index (Phi) is 5.80. The van der Waals surface area contributed by atoms with Crippen LogP contribution in [0, 0.1) is 0 Å². The second-order valence-corrected chi connectivity index (χ2v) is 2.58. The fraction of sp³-hybridized carbons (Fsp3) is 0.875. The van der Waals surface area contributed by atoms with Gasteiger partial charge in [-0.05, 0) is 12.8 Å². The highest BCUT2D eigenvalue weighted by molar-refractivity contribution is 5.74. The van der Waals surface area contributed by atoms with Crippen LogP contribution in [0.2, 0.25) is 0 Å². The largest absolute Gasteiger partial charge is 0.272 e. The summed E-state index contributed by atoms with van der Waals surface area (Å²) < 4.78 is 12.6. The molecule has 0 saturated heterocycles. The molecule has 0 fully saturated rings. The molecule has 3 heteroatoms. The molecule has 0 aromatic heterocycles. The smallest absolute Gasteiger partial charge is 0.250 e. The van der Waals surface area contributed by atoms with E-state index >= 15 is 0 Å². The van der Waals surface area contributed by atoms with Crippen molar-refractivity contribution in [3.63, 3.8) is 0 Å². The van der Waals surface area contributed by atoms with E-state index in [4.69, 9.17) is 0 Å². The normalized spacial score (nSPS) is 9.73. The number of carbonyl (C=O) groups is 1. The van der Waals surface area contributed by atoms with E-state index in [-0.39, 0.29) is 12.5 Å². The van der Waals surface area contributed by atoms with Gasteiger partial charge in [-0.2, -0.15) is 5.12 Å². The zero-order chi connectivity index (χ0) is 8.69. The van der Waals surface area contributed by atoms with E-state index in [1.165, 1.54) is 0 Å². The molecule has 0 aromatic rings. The molecule has 0 aliphatic heterocycles. The minimum absolute atomic E-state index is 0.225. The summed E-state index contributed by atoms with van der Waals surface area (Å²) in [4.78, 5) is 10.8. The Balaban J connectivity index is 3.47. The number of carbonyl (C=O) groups excluding carboxylic acids is 1. The maximum Gasteiger partial charge on any atom is 0.250 e. The fourth-order valence-corrected chi connectivity index (χ4v) is 0.770. The van der Waals surface area contributed by atoms with Gasteiger partial charge in [0, 0.05) is 6.42 Å². The third kappa shape index (κ3) is 4.76. The highest BCUT2D eigenvalue weighted by Crippen LogP contribution is 2.01. The first-order valence-corrected chi connectivity index (χ1v) is 4.18. The van der Waals surface area contributed by atoms with E-state index in [0.717, 1.165) is 12.8 Å². The zero-order valence-corrected chi connectivity index (χ0v) is 7.27. The molecule has 0 aliphatic carbocycles. The van der Waals surface area contributed by atoms with Gasteiger partial charge in [-0.1, -0.05) is 24.7 Å². The molecule has 0 spiro atoms. The molecule has 0 aliphatic rings. The van der Waals surface area contributed by atoms with Crippen molar-refractivity contribution in [2.45, 2.75) is 39.5 Å². The molecule has 66 valence electrons. The van der Waals surface area contributed by atoms with Crippen LogP contribution < -0.4 is 0 Å². The second-order valence-electron chi connectivity index (χ2n) is 2.58. The van der Waals surface area contributed by atoms with Gasteiger partial charge < -0.3 is 0 Å². The van der Waals surface area contributed by atoms with Crippen molar-refractivity contribution in [2.75, 3.05) is 6.54 Å². The number of hydrogen-bond acceptors (Lipinski definition) is 1. The first kappa shape index (κ1) is 10.4. The zero-order valence-electron chi connectivity index (χ0n) is 7.27. The van der Waals surface area contributed by atoms with Crippen molar-refractivity contribution in [1.29, 1.82) is 0 Å². The quantitative estimate of drug-likeness (QED) is 0.566. The van der Waals surface area contributed by atoms with E-state index in [2.05, 4.69) is 0 Å². The minimum Gasteiger partial charge on any atom is -0.272 e. The molecule has 0 rings (SSSR count). The van der Waals surface area contributed by atoms with Gasteiger partial charge in [0.2, 0.25) is 5.91 Å². The van der Waals surface area contributed by atoms with E-state index in [9.17, 15) is 9.28 Å². The fourth-order valence-electron chi connectivity index (χ4n) is 0.770. The molecule has 1 amide bonds. The molecule has 0 radical (unpaired) electrons. The van der Waals surface area contributed by atoms with Gasteiger partial charge in [0.05, 0.1) is 6.54 Å². The standard InChI is InChI=1S/C8H16FNO/c1-3-5-6-8(11)10(9)7-4-2/h3-7H2,1-2H3. The summed E-state index contributed by atoms with van der Waals surface area (Å²) in [6.07, 6.45) is 2.73. The molecule has 0 aromatic carbocycles. The SMILES string of the molecule is CCCCC(=O)N(F)CCC. The van der Waals surface area contributed by atoms with Crippen molar-refractivity contribution in [3.8, 4) is 0 Å². The van der Waals surface area contributed by atoms with Crippen LogP contribution in [0.15, 0.2) is 0 Å². The van der Waals surface area contributed by atoms with Crippen LogP contribution in [-0.2, 0) is 4.79 Å². The molecular formula is C8H16FNO. The summed E-state index contributed by atoms with van der Waals surface area (Å²) in [5, 5.41) is 0.315. The van der Waals surface area contributed by atoms with Crippen LogP contribution in [0.3, 0.4) is 0 Å². The molecule has 2 nitrogen and oxygen atoms in total. The number of halogens is 1. The molecule has 0 unspecified atom stereocenters. The van der Waals surface area contributed by atoms with Gasteiger partial charge in [0.1, 0.15) is 0 Å². The van der Waals surface area contributed by atoms with Crippen LogP contribution in [0.1, 0.15) is 39.5 Å². The topological polar surface area (TPSA) is 20.3 Å². The molecule has 0 N–H and O–H groups in total. The molecule has 0 bridgehead atoms. The lowest BCUT2D eigenvalue weighted by atomic mass is 10.2. The third-order valence-electron chi connectivity index (χ3n) is 1.43. The second kappa shape index (κ2) is 6.13. The van der Waals surface area contributed by atoms with Gasteiger partial charge in [-0.25, -0.2) is 0 Å². The summed E-state index contributed by atoms with van der Waals surface area (Å²) in [5.41, 5.74) is 0. The first-order valence-electron chi connectivity index (χ1n) is 4.18. The Hall–Kier alpha value is -0.600. The summed E-state index contributed by atoms with van der Waals surface area (Å²) in [6, 6.07) is 0. The average molecular weight is 161 g/mol. The highest BCUT2D eigenvalue weighted by atomic mass is 19.2. The number of hydrogen-bond donors (Lipinski definition) is 0. The minimum atomic E-state index is -0.381. The Labute approximate surface area is 67.3 Å². The predicted octanol–water partition coefficient (Wildman–Crippen LogP) is 2.30. The van der Waals surface area contributed by atoms with Crippen molar-refractivity contribution >= 4 is 5.91 Å². The Morgan fingerprint density at radius 1 is 1.36 bits per heavy atom. The predicted molar refractivity (Wildman–Crippen MR) is 42.6 cm³/mol. The molecule has 0 atom stereocenters. The van der Waals surface area contributed by atoms with Crippen molar-refractivity contribution in [3.05, 3.63) is 0 Å². The van der Waals surface area contributed by atoms with Crippen LogP contribution >= 0.6 is 0 Å². The van der Waals surface area contributed by atoms with Gasteiger partial charge in [0.15, 0.2) is 0 Å². The van der Waals surface area contributed by atoms with Crippen LogP contribution in [-0.4, -0.2) is 17.6 Å². The number of rotatable bonds is 5. The van der Waals surface area contributed by atoms with Gasteiger partial charge >= 0.3 is 0 Å². The van der Waals surface area contributed by atoms with E-state index < -0.39 is 0 Å². The van der Waals surface area contributed by atoms with Crippen LogP contribution in [0.4, 0.5) is 4.48 Å². The maximum atomic E-state index is 12.6. The number of amides is 1. The van der Waals surface area contributed by atoms with Crippen molar-refractivity contribution in [2.24, 2.45) is 0 Å². The van der Waals surface area contributed by atoms with Gasteiger partial charge in [-0.3, -0.25) is 4.79 Å². The molecular weight excluding hydrogens is 145 g/mol. The Morgan fingerprint density at radius 2 is 2.00 bits per heavy atom. The summed E-state index contributed by atoms with van der Waals surface area (Å²) in [6.45, 7) is 4.05. The monoisotopic (exact) mass is 161 g/mol. The van der Waals surface area contributed by atoms with Crippen LogP contribution in [0.25, 0.3) is 0 Å². The van der Waals surface area contributed by atoms with Crippen LogP contribution in [0.5, 0.6) is 0 Å². The summed E-state index contributed by atoms with van der Waals surface area (Å²) >= 11 is 0. The number of unbranched alkanes of at least 4 members (excludes halogenated alkanes) is 1. The lowest BCUT2D eigenvalue weighted by molar-refractivity contribution is -0.146. The van der Waals surface area contributed by atoms with Crippen molar-refractivity contribution < 1.29 is 9.28 Å². The van der Waals surface area contributed by atoms with Crippen molar-refractivity contribution in [1.82, 2.24) is 5.12 Å². The maximum absolute atomic E-state index is 12.6. The summed E-state index contributed by atoms with van der Waals surface area (Å²) in [7, 11) is 0. The van der Waals surface area contributed by atoms with Gasteiger partial charge in [0.25, 0.3) is 0 Å². The first-order chi connectivity index (χ1) is 5.22. The molecule has 11 heavy (non-hydrogen) atoms. The summed E-state index contributed by atoms with van der Waals surface area (Å²) in [5.74, 6) is -0.381. The molecule has 0 heterocycles. The number of nitrogens with zero attached hydrogens (tertiary/aromatic N) is 1. The average Bonchev–Trinajstić information content (AvgIpc) is 2.00.